The third-order valence-corrected chi connectivity index (χ3v) is 3.61. The van der Waals surface area contributed by atoms with Gasteiger partial charge in [-0.3, -0.25) is 4.79 Å². The van der Waals surface area contributed by atoms with E-state index >= 15 is 0 Å². The Labute approximate surface area is 118 Å². The van der Waals surface area contributed by atoms with Crippen molar-refractivity contribution in [3.63, 3.8) is 0 Å². The van der Waals surface area contributed by atoms with Crippen LogP contribution in [0.2, 0.25) is 0 Å². The first-order valence-corrected chi connectivity index (χ1v) is 6.75. The summed E-state index contributed by atoms with van der Waals surface area (Å²) in [5.74, 6) is -0.874. The van der Waals surface area contributed by atoms with Crippen molar-refractivity contribution in [1.29, 1.82) is 0 Å². The van der Waals surface area contributed by atoms with Gasteiger partial charge in [0, 0.05) is 32.0 Å². The Morgan fingerprint density at radius 3 is 2.50 bits per heavy atom. The Bertz CT molecular complexity index is 427. The Morgan fingerprint density at radius 2 is 2.00 bits per heavy atom. The number of aliphatic carboxylic acids is 1. The van der Waals surface area contributed by atoms with Gasteiger partial charge in [-0.25, -0.2) is 9.78 Å². The number of carboxylic acid groups (broad SMARTS) is 1. The molecule has 20 heavy (non-hydrogen) atoms. The molecule has 0 aliphatic heterocycles. The summed E-state index contributed by atoms with van der Waals surface area (Å²) in [5.41, 5.74) is -0.887. The lowest BCUT2D eigenvalue weighted by molar-refractivity contribution is -0.149. The molecule has 0 fully saturated rings. The Morgan fingerprint density at radius 1 is 1.30 bits per heavy atom. The lowest BCUT2D eigenvalue weighted by Gasteiger charge is -2.26. The van der Waals surface area contributed by atoms with Crippen LogP contribution in [0.3, 0.4) is 0 Å². The van der Waals surface area contributed by atoms with Gasteiger partial charge in [0.1, 0.15) is 0 Å². The van der Waals surface area contributed by atoms with Crippen molar-refractivity contribution < 1.29 is 14.7 Å². The number of hydrogen-bond donors (Lipinski definition) is 3. The minimum absolute atomic E-state index is 0.131. The van der Waals surface area contributed by atoms with Crippen LogP contribution in [-0.2, 0) is 11.3 Å². The van der Waals surface area contributed by atoms with Gasteiger partial charge in [0.2, 0.25) is 0 Å². The third-order valence-electron chi connectivity index (χ3n) is 3.61. The van der Waals surface area contributed by atoms with Crippen LogP contribution in [0, 0.1) is 5.41 Å². The van der Waals surface area contributed by atoms with Gasteiger partial charge >= 0.3 is 12.0 Å². The van der Waals surface area contributed by atoms with Gasteiger partial charge in [-0.15, -0.1) is 0 Å². The molecule has 0 aliphatic carbocycles. The third kappa shape index (κ3) is 4.25. The fraction of sp³-hybridized carbons (Fsp3) is 0.615. The second-order valence-electron chi connectivity index (χ2n) is 4.70. The number of carbonyl (C=O) groups is 2. The average Bonchev–Trinajstić information content (AvgIpc) is 2.93. The van der Waals surface area contributed by atoms with Gasteiger partial charge in [-0.1, -0.05) is 13.8 Å². The molecule has 0 unspecified atom stereocenters. The monoisotopic (exact) mass is 282 g/mol. The van der Waals surface area contributed by atoms with E-state index < -0.39 is 11.4 Å². The quantitative estimate of drug-likeness (QED) is 0.664. The van der Waals surface area contributed by atoms with Crippen molar-refractivity contribution >= 4 is 12.0 Å². The van der Waals surface area contributed by atoms with Gasteiger partial charge in [0.15, 0.2) is 0 Å². The fourth-order valence-electron chi connectivity index (χ4n) is 1.91. The van der Waals surface area contributed by atoms with Crippen LogP contribution in [0.25, 0.3) is 0 Å². The number of hydrogen-bond acceptors (Lipinski definition) is 3. The van der Waals surface area contributed by atoms with Crippen LogP contribution in [0.5, 0.6) is 0 Å². The van der Waals surface area contributed by atoms with Crippen LogP contribution in [0.15, 0.2) is 18.7 Å². The lowest BCUT2D eigenvalue weighted by atomic mass is 9.82. The Kier molecular flexibility index (Phi) is 6.02. The highest BCUT2D eigenvalue weighted by atomic mass is 16.4. The number of carbonyl (C=O) groups excluding carboxylic acids is 1. The number of imidazole rings is 1. The van der Waals surface area contributed by atoms with Crippen LogP contribution in [-0.4, -0.2) is 39.7 Å². The molecule has 7 heteroatoms. The molecule has 0 saturated carbocycles. The van der Waals surface area contributed by atoms with E-state index in [4.69, 9.17) is 0 Å². The van der Waals surface area contributed by atoms with Gasteiger partial charge in [0.25, 0.3) is 0 Å². The normalized spacial score (nSPS) is 11.1. The maximum absolute atomic E-state index is 11.6. The zero-order valence-corrected chi connectivity index (χ0v) is 11.9. The van der Waals surface area contributed by atoms with Crippen LogP contribution in [0.1, 0.15) is 26.7 Å². The number of rotatable bonds is 8. The fourth-order valence-corrected chi connectivity index (χ4v) is 1.91. The number of urea groups is 1. The summed E-state index contributed by atoms with van der Waals surface area (Å²) in [7, 11) is 0. The summed E-state index contributed by atoms with van der Waals surface area (Å²) >= 11 is 0. The van der Waals surface area contributed by atoms with Crippen molar-refractivity contribution in [2.24, 2.45) is 5.41 Å². The SMILES string of the molecule is CCC(CC)(CNC(=O)NCCn1ccnc1)C(=O)O. The molecule has 0 spiro atoms. The minimum Gasteiger partial charge on any atom is -0.481 e. The van der Waals surface area contributed by atoms with E-state index in [0.29, 0.717) is 25.9 Å². The molecule has 1 aromatic heterocycles. The standard InChI is InChI=1S/C13H22N4O3/c1-3-13(4-2,11(18)19)9-16-12(20)15-6-8-17-7-5-14-10-17/h5,7,10H,3-4,6,8-9H2,1-2H3,(H,18,19)(H2,15,16,20). The molecule has 7 nitrogen and oxygen atoms in total. The first-order chi connectivity index (χ1) is 9.54. The van der Waals surface area contributed by atoms with Gasteiger partial charge in [0.05, 0.1) is 11.7 Å². The van der Waals surface area contributed by atoms with Gasteiger partial charge in [-0.2, -0.15) is 0 Å². The van der Waals surface area contributed by atoms with E-state index in [2.05, 4.69) is 15.6 Å². The molecule has 2 amide bonds. The van der Waals surface area contributed by atoms with Crippen molar-refractivity contribution in [2.45, 2.75) is 33.2 Å². The van der Waals surface area contributed by atoms with Gasteiger partial charge < -0.3 is 20.3 Å². The molecule has 0 saturated heterocycles. The number of amides is 2. The Balaban J connectivity index is 2.33. The Hall–Kier alpha value is -2.05. The molecular weight excluding hydrogens is 260 g/mol. The minimum atomic E-state index is -0.887. The smallest absolute Gasteiger partial charge is 0.314 e. The molecule has 3 N–H and O–H groups in total. The second kappa shape index (κ2) is 7.52. The van der Waals surface area contributed by atoms with Crippen LogP contribution in [0.4, 0.5) is 4.79 Å². The second-order valence-corrected chi connectivity index (χ2v) is 4.70. The molecule has 0 bridgehead atoms. The van der Waals surface area contributed by atoms with E-state index in [1.807, 2.05) is 24.6 Å². The number of nitrogens with one attached hydrogen (secondary N) is 2. The first kappa shape index (κ1) is 16.0. The van der Waals surface area contributed by atoms with Crippen molar-refractivity contribution in [1.82, 2.24) is 20.2 Å². The molecule has 1 heterocycles. The molecule has 0 atom stereocenters. The largest absolute Gasteiger partial charge is 0.481 e. The number of carboxylic acids is 1. The molecule has 0 aromatic carbocycles. The summed E-state index contributed by atoms with van der Waals surface area (Å²) in [6.45, 7) is 4.85. The maximum Gasteiger partial charge on any atom is 0.314 e. The molecule has 112 valence electrons. The molecular formula is C13H22N4O3. The molecule has 1 aromatic rings. The zero-order chi connectivity index (χ0) is 15.0. The average molecular weight is 282 g/mol. The van der Waals surface area contributed by atoms with Gasteiger partial charge in [-0.05, 0) is 12.8 Å². The van der Waals surface area contributed by atoms with Crippen molar-refractivity contribution in [3.05, 3.63) is 18.7 Å². The number of nitrogens with zero attached hydrogens (tertiary/aromatic N) is 2. The molecule has 0 radical (unpaired) electrons. The summed E-state index contributed by atoms with van der Waals surface area (Å²) < 4.78 is 1.85. The predicted molar refractivity (Wildman–Crippen MR) is 74.3 cm³/mol. The highest BCUT2D eigenvalue weighted by molar-refractivity contribution is 5.78. The highest BCUT2D eigenvalue weighted by Gasteiger charge is 2.35. The highest BCUT2D eigenvalue weighted by Crippen LogP contribution is 2.25. The summed E-state index contributed by atoms with van der Waals surface area (Å²) in [6.07, 6.45) is 6.11. The van der Waals surface area contributed by atoms with E-state index in [1.54, 1.807) is 12.5 Å². The predicted octanol–water partition coefficient (Wildman–Crippen LogP) is 1.07. The zero-order valence-electron chi connectivity index (χ0n) is 11.9. The van der Waals surface area contributed by atoms with Crippen molar-refractivity contribution in [3.8, 4) is 0 Å². The summed E-state index contributed by atoms with van der Waals surface area (Å²) in [6, 6.07) is -0.349. The number of aromatic nitrogens is 2. The molecule has 1 rings (SSSR count). The van der Waals surface area contributed by atoms with E-state index in [-0.39, 0.29) is 12.6 Å². The van der Waals surface area contributed by atoms with E-state index in [0.717, 1.165) is 0 Å². The van der Waals surface area contributed by atoms with E-state index in [9.17, 15) is 14.7 Å². The maximum atomic E-state index is 11.6. The summed E-state index contributed by atoms with van der Waals surface area (Å²) in [4.78, 5) is 26.8. The topological polar surface area (TPSA) is 96.3 Å². The van der Waals surface area contributed by atoms with Crippen LogP contribution < -0.4 is 10.6 Å². The lowest BCUT2D eigenvalue weighted by Crippen LogP contribution is -2.46. The molecule has 0 aliphatic rings. The summed E-state index contributed by atoms with van der Waals surface area (Å²) in [5, 5.41) is 14.6. The van der Waals surface area contributed by atoms with Crippen molar-refractivity contribution in [2.75, 3.05) is 13.1 Å². The van der Waals surface area contributed by atoms with Crippen LogP contribution >= 0.6 is 0 Å². The first-order valence-electron chi connectivity index (χ1n) is 6.75. The van der Waals surface area contributed by atoms with E-state index in [1.165, 1.54) is 0 Å².